The predicted molar refractivity (Wildman–Crippen MR) is 153 cm³/mol. The summed E-state index contributed by atoms with van der Waals surface area (Å²) < 4.78 is 28.7. The number of carbonyl (C=O) groups is 4. The Morgan fingerprint density at radius 2 is 0.795 bits per heavy atom. The molecule has 0 radical (unpaired) electrons. The standard InChI is InChI=1S/C34H25NO9/c35-21-26-27(41-30(36)22-13-5-1-6-14-22)28(42-31(37)23-15-7-2-8-16-23)29(43-32(38)24-17-9-3-10-18-24)34(40-26)44-33(39)25-19-11-4-12-20-25/h1-20,26-29,34H/t26?,27-,28-,29?,34?/m1/s1. The van der Waals surface area contributed by atoms with Crippen LogP contribution in [0.3, 0.4) is 0 Å². The lowest BCUT2D eigenvalue weighted by molar-refractivity contribution is -0.266. The molecule has 5 rings (SSSR count). The predicted octanol–water partition coefficient (Wildman–Crippen LogP) is 4.77. The van der Waals surface area contributed by atoms with Crippen molar-refractivity contribution in [2.24, 2.45) is 0 Å². The summed E-state index contributed by atoms with van der Waals surface area (Å²) in [5.74, 6) is -3.46. The van der Waals surface area contributed by atoms with Gasteiger partial charge in [-0.3, -0.25) is 0 Å². The lowest BCUT2D eigenvalue weighted by Crippen LogP contribution is -2.62. The van der Waals surface area contributed by atoms with Crippen molar-refractivity contribution in [3.8, 4) is 6.07 Å². The molecular weight excluding hydrogens is 566 g/mol. The number of ether oxygens (including phenoxy) is 5. The summed E-state index contributed by atoms with van der Waals surface area (Å²) in [7, 11) is 0. The zero-order valence-electron chi connectivity index (χ0n) is 23.1. The Kier molecular flexibility index (Phi) is 9.39. The lowest BCUT2D eigenvalue weighted by Gasteiger charge is -2.42. The van der Waals surface area contributed by atoms with Crippen LogP contribution in [-0.2, 0) is 23.7 Å². The molecule has 0 N–H and O–H groups in total. The molecule has 10 heteroatoms. The zero-order valence-corrected chi connectivity index (χ0v) is 23.1. The molecule has 0 bridgehead atoms. The van der Waals surface area contributed by atoms with Crippen molar-refractivity contribution in [1.29, 1.82) is 5.26 Å². The Labute approximate surface area is 252 Å². The monoisotopic (exact) mass is 591 g/mol. The summed E-state index contributed by atoms with van der Waals surface area (Å²) in [6, 6.07) is 33.6. The Balaban J connectivity index is 1.54. The fourth-order valence-corrected chi connectivity index (χ4v) is 4.44. The number of benzene rings is 4. The Morgan fingerprint density at radius 1 is 0.477 bits per heavy atom. The van der Waals surface area contributed by atoms with E-state index < -0.39 is 54.6 Å². The fourth-order valence-electron chi connectivity index (χ4n) is 4.44. The second-order valence-corrected chi connectivity index (χ2v) is 9.53. The maximum Gasteiger partial charge on any atom is 0.340 e. The summed E-state index contributed by atoms with van der Waals surface area (Å²) in [6.07, 6.45) is -8.24. The van der Waals surface area contributed by atoms with E-state index in [2.05, 4.69) is 0 Å². The Morgan fingerprint density at radius 3 is 1.16 bits per heavy atom. The topological polar surface area (TPSA) is 138 Å². The molecule has 0 aliphatic carbocycles. The number of carbonyl (C=O) groups excluding carboxylic acids is 4. The van der Waals surface area contributed by atoms with E-state index in [4.69, 9.17) is 23.7 Å². The normalized spacial score (nSPS) is 20.8. The number of nitrogens with zero attached hydrogens (tertiary/aromatic N) is 1. The van der Waals surface area contributed by atoms with Gasteiger partial charge in [0.2, 0.25) is 12.4 Å². The van der Waals surface area contributed by atoms with Crippen LogP contribution >= 0.6 is 0 Å². The van der Waals surface area contributed by atoms with Gasteiger partial charge < -0.3 is 23.7 Å². The summed E-state index contributed by atoms with van der Waals surface area (Å²) in [5.41, 5.74) is 0.557. The first-order valence-corrected chi connectivity index (χ1v) is 13.5. The highest BCUT2D eigenvalue weighted by atomic mass is 16.7. The van der Waals surface area contributed by atoms with E-state index in [9.17, 15) is 24.4 Å². The summed E-state index contributed by atoms with van der Waals surface area (Å²) >= 11 is 0. The van der Waals surface area contributed by atoms with Gasteiger partial charge in [0.25, 0.3) is 0 Å². The molecule has 5 atom stereocenters. The molecular formula is C34H25NO9. The van der Waals surface area contributed by atoms with Crippen LogP contribution in [0.5, 0.6) is 0 Å². The third-order valence-corrected chi connectivity index (χ3v) is 6.61. The van der Waals surface area contributed by atoms with Gasteiger partial charge in [-0.2, -0.15) is 5.26 Å². The first-order chi connectivity index (χ1) is 21.4. The highest BCUT2D eigenvalue weighted by Gasteiger charge is 2.54. The molecule has 1 aliphatic heterocycles. The van der Waals surface area contributed by atoms with Crippen LogP contribution < -0.4 is 0 Å². The van der Waals surface area contributed by atoms with Crippen molar-refractivity contribution in [2.45, 2.75) is 30.7 Å². The van der Waals surface area contributed by atoms with Gasteiger partial charge in [-0.05, 0) is 48.5 Å². The molecule has 10 nitrogen and oxygen atoms in total. The molecule has 4 aromatic carbocycles. The van der Waals surface area contributed by atoms with Crippen molar-refractivity contribution in [1.82, 2.24) is 0 Å². The van der Waals surface area contributed by atoms with Crippen LogP contribution in [0.15, 0.2) is 121 Å². The highest BCUT2D eigenvalue weighted by molar-refractivity contribution is 5.92. The van der Waals surface area contributed by atoms with Crippen LogP contribution in [0.2, 0.25) is 0 Å². The molecule has 0 aromatic heterocycles. The van der Waals surface area contributed by atoms with E-state index >= 15 is 0 Å². The SMILES string of the molecule is N#CC1OC(OC(=O)c2ccccc2)C(OC(=O)c2ccccc2)[C@H](OC(=O)c2ccccc2)[C@@H]1OC(=O)c1ccccc1. The lowest BCUT2D eigenvalue weighted by atomic mass is 9.98. The van der Waals surface area contributed by atoms with Gasteiger partial charge in [-0.25, -0.2) is 19.2 Å². The number of hydrogen-bond acceptors (Lipinski definition) is 10. The van der Waals surface area contributed by atoms with E-state index in [-0.39, 0.29) is 22.3 Å². The molecule has 44 heavy (non-hydrogen) atoms. The van der Waals surface area contributed by atoms with Crippen LogP contribution in [-0.4, -0.2) is 54.6 Å². The van der Waals surface area contributed by atoms with Gasteiger partial charge in [0.1, 0.15) is 0 Å². The number of hydrogen-bond donors (Lipinski definition) is 0. The van der Waals surface area contributed by atoms with Crippen LogP contribution in [0, 0.1) is 11.3 Å². The second kappa shape index (κ2) is 13.9. The number of rotatable bonds is 8. The van der Waals surface area contributed by atoms with E-state index in [1.54, 1.807) is 72.8 Å². The zero-order chi connectivity index (χ0) is 30.9. The quantitative estimate of drug-likeness (QED) is 0.208. The van der Waals surface area contributed by atoms with Crippen molar-refractivity contribution in [3.05, 3.63) is 144 Å². The van der Waals surface area contributed by atoms with Crippen LogP contribution in [0.25, 0.3) is 0 Å². The molecule has 1 saturated heterocycles. The van der Waals surface area contributed by atoms with Crippen molar-refractivity contribution in [2.75, 3.05) is 0 Å². The third-order valence-electron chi connectivity index (χ3n) is 6.61. The maximum atomic E-state index is 13.3. The minimum Gasteiger partial charge on any atom is -0.451 e. The smallest absolute Gasteiger partial charge is 0.340 e. The fraction of sp³-hybridized carbons (Fsp3) is 0.147. The van der Waals surface area contributed by atoms with Gasteiger partial charge >= 0.3 is 23.9 Å². The van der Waals surface area contributed by atoms with Gasteiger partial charge in [0.15, 0.2) is 18.3 Å². The molecule has 1 fully saturated rings. The van der Waals surface area contributed by atoms with E-state index in [1.807, 2.05) is 6.07 Å². The summed E-state index contributed by atoms with van der Waals surface area (Å²) in [4.78, 5) is 52.8. The molecule has 0 amide bonds. The number of nitriles is 1. The Bertz CT molecular complexity index is 1640. The van der Waals surface area contributed by atoms with E-state index in [1.165, 1.54) is 48.5 Å². The first kappa shape index (κ1) is 29.7. The maximum absolute atomic E-state index is 13.3. The van der Waals surface area contributed by atoms with E-state index in [0.29, 0.717) is 0 Å². The van der Waals surface area contributed by atoms with E-state index in [0.717, 1.165) is 0 Å². The number of esters is 4. The Hall–Kier alpha value is -5.79. The van der Waals surface area contributed by atoms with Gasteiger partial charge in [-0.15, -0.1) is 0 Å². The van der Waals surface area contributed by atoms with Crippen LogP contribution in [0.4, 0.5) is 0 Å². The molecule has 1 heterocycles. The average Bonchev–Trinajstić information content (AvgIpc) is 3.08. The second-order valence-electron chi connectivity index (χ2n) is 9.53. The van der Waals surface area contributed by atoms with Gasteiger partial charge in [0, 0.05) is 0 Å². The average molecular weight is 592 g/mol. The van der Waals surface area contributed by atoms with Crippen molar-refractivity contribution < 1.29 is 42.9 Å². The minimum atomic E-state index is -1.74. The molecule has 0 saturated carbocycles. The summed E-state index contributed by atoms with van der Waals surface area (Å²) in [6.45, 7) is 0. The largest absolute Gasteiger partial charge is 0.451 e. The molecule has 0 spiro atoms. The van der Waals surface area contributed by atoms with Crippen molar-refractivity contribution in [3.63, 3.8) is 0 Å². The molecule has 1 aliphatic rings. The molecule has 3 unspecified atom stereocenters. The van der Waals surface area contributed by atoms with Gasteiger partial charge in [0.05, 0.1) is 28.3 Å². The van der Waals surface area contributed by atoms with Crippen LogP contribution in [0.1, 0.15) is 41.4 Å². The summed E-state index contributed by atoms with van der Waals surface area (Å²) in [5, 5.41) is 10.1. The third kappa shape index (κ3) is 6.98. The highest BCUT2D eigenvalue weighted by Crippen LogP contribution is 2.31. The van der Waals surface area contributed by atoms with Gasteiger partial charge in [-0.1, -0.05) is 72.8 Å². The molecule has 220 valence electrons. The minimum absolute atomic E-state index is 0.131. The first-order valence-electron chi connectivity index (χ1n) is 13.5. The molecule has 4 aromatic rings. The van der Waals surface area contributed by atoms with Crippen molar-refractivity contribution >= 4 is 23.9 Å².